The van der Waals surface area contributed by atoms with E-state index < -0.39 is 16.0 Å². The monoisotopic (exact) mass is 440 g/mol. The number of halogens is 2. The van der Waals surface area contributed by atoms with Gasteiger partial charge in [-0.25, -0.2) is 18.2 Å². The Morgan fingerprint density at radius 2 is 2.10 bits per heavy atom. The average Bonchev–Trinajstić information content (AvgIpc) is 2.75. The highest BCUT2D eigenvalue weighted by Crippen LogP contribution is 2.33. The molecule has 0 saturated carbocycles. The van der Waals surface area contributed by atoms with Crippen LogP contribution in [0.25, 0.3) is 0 Å². The molecule has 0 spiro atoms. The third kappa shape index (κ3) is 3.19. The molecule has 0 aliphatic carbocycles. The van der Waals surface area contributed by atoms with Crippen molar-refractivity contribution in [3.05, 3.63) is 37.7 Å². The number of thiophene rings is 1. The maximum Gasteiger partial charge on any atom is 0.345 e. The lowest BCUT2D eigenvalue weighted by molar-refractivity contribution is 0.0702. The van der Waals surface area contributed by atoms with Crippen LogP contribution in [0.5, 0.6) is 0 Å². The fraction of sp³-hybridized carbons (Fsp3) is 0. The smallest absolute Gasteiger partial charge is 0.345 e. The molecule has 2 aromatic rings. The minimum Gasteiger partial charge on any atom is -0.477 e. The Morgan fingerprint density at radius 1 is 1.40 bits per heavy atom. The summed E-state index contributed by atoms with van der Waals surface area (Å²) in [6, 6.07) is 4.21. The molecular formula is C10H6Br2N2O4S2. The number of aromatic carboxylic acids is 1. The lowest BCUT2D eigenvalue weighted by Crippen LogP contribution is -2.13. The van der Waals surface area contributed by atoms with Crippen LogP contribution in [0.1, 0.15) is 9.67 Å². The maximum atomic E-state index is 12.2. The van der Waals surface area contributed by atoms with E-state index in [2.05, 4.69) is 41.6 Å². The van der Waals surface area contributed by atoms with Crippen LogP contribution in [0.15, 0.2) is 37.7 Å². The van der Waals surface area contributed by atoms with E-state index >= 15 is 0 Å². The van der Waals surface area contributed by atoms with Gasteiger partial charge in [-0.3, -0.25) is 4.72 Å². The van der Waals surface area contributed by atoms with Crippen LogP contribution in [0.3, 0.4) is 0 Å². The SMILES string of the molecule is O=C(O)c1cc(S(=O)(=O)Nc2cccnc2Br)c(Br)s1. The number of pyridine rings is 1. The van der Waals surface area contributed by atoms with E-state index in [9.17, 15) is 13.2 Å². The van der Waals surface area contributed by atoms with Gasteiger partial charge in [-0.05, 0) is 50.1 Å². The number of nitrogens with one attached hydrogen (secondary N) is 1. The first-order valence-corrected chi connectivity index (χ1v) is 8.86. The quantitative estimate of drug-likeness (QED) is 0.710. The molecule has 20 heavy (non-hydrogen) atoms. The molecule has 0 saturated heterocycles. The van der Waals surface area contributed by atoms with Crippen molar-refractivity contribution < 1.29 is 18.3 Å². The molecule has 0 aliphatic heterocycles. The topological polar surface area (TPSA) is 96.4 Å². The van der Waals surface area contributed by atoms with Gasteiger partial charge >= 0.3 is 5.97 Å². The van der Waals surface area contributed by atoms with Crippen molar-refractivity contribution in [1.29, 1.82) is 0 Å². The maximum absolute atomic E-state index is 12.2. The van der Waals surface area contributed by atoms with Crippen molar-refractivity contribution in [2.24, 2.45) is 0 Å². The van der Waals surface area contributed by atoms with Gasteiger partial charge in [-0.15, -0.1) is 11.3 Å². The van der Waals surface area contributed by atoms with Gasteiger partial charge in [0.25, 0.3) is 10.0 Å². The molecule has 2 N–H and O–H groups in total. The van der Waals surface area contributed by atoms with Crippen molar-refractivity contribution in [3.63, 3.8) is 0 Å². The zero-order valence-electron chi connectivity index (χ0n) is 9.50. The van der Waals surface area contributed by atoms with E-state index in [0.29, 0.717) is 4.60 Å². The Kier molecular flexibility index (Phi) is 4.47. The zero-order valence-corrected chi connectivity index (χ0v) is 14.3. The Bertz CT molecular complexity index is 773. The third-order valence-electron chi connectivity index (χ3n) is 2.16. The standard InChI is InChI=1S/C10H6Br2N2O4S2/c11-8-5(2-1-3-13-8)14-20(17,18)7-4-6(10(15)16)19-9(7)12/h1-4,14H,(H,15,16). The Morgan fingerprint density at radius 3 is 2.65 bits per heavy atom. The lowest BCUT2D eigenvalue weighted by atomic mass is 10.4. The molecule has 106 valence electrons. The summed E-state index contributed by atoms with van der Waals surface area (Å²) in [4.78, 5) is 14.6. The number of hydrogen-bond donors (Lipinski definition) is 2. The Hall–Kier alpha value is -0.970. The van der Waals surface area contributed by atoms with E-state index in [1.54, 1.807) is 6.07 Å². The fourth-order valence-corrected chi connectivity index (χ4v) is 5.25. The predicted molar refractivity (Wildman–Crippen MR) is 81.7 cm³/mol. The predicted octanol–water partition coefficient (Wildman–Crippen LogP) is 3.17. The molecule has 6 nitrogen and oxygen atoms in total. The van der Waals surface area contributed by atoms with Crippen LogP contribution in [0, 0.1) is 0 Å². The van der Waals surface area contributed by atoms with Crippen LogP contribution in [0.2, 0.25) is 0 Å². The molecule has 0 amide bonds. The van der Waals surface area contributed by atoms with Crippen molar-refractivity contribution in [2.45, 2.75) is 4.90 Å². The van der Waals surface area contributed by atoms with Crippen molar-refractivity contribution in [1.82, 2.24) is 4.98 Å². The third-order valence-corrected chi connectivity index (χ3v) is 6.40. The summed E-state index contributed by atoms with van der Waals surface area (Å²) in [5, 5.41) is 8.88. The van der Waals surface area contributed by atoms with Crippen molar-refractivity contribution in [3.8, 4) is 0 Å². The van der Waals surface area contributed by atoms with E-state index in [1.165, 1.54) is 12.3 Å². The summed E-state index contributed by atoms with van der Waals surface area (Å²) in [5.41, 5.74) is 0.266. The Balaban J connectivity index is 2.41. The molecule has 2 aromatic heterocycles. The van der Waals surface area contributed by atoms with Crippen LogP contribution in [-0.4, -0.2) is 24.5 Å². The van der Waals surface area contributed by atoms with Crippen LogP contribution in [-0.2, 0) is 10.0 Å². The van der Waals surface area contributed by atoms with E-state index in [0.717, 1.165) is 17.4 Å². The first-order chi connectivity index (χ1) is 9.31. The highest BCUT2D eigenvalue weighted by atomic mass is 79.9. The van der Waals surface area contributed by atoms with E-state index in [4.69, 9.17) is 5.11 Å². The number of rotatable bonds is 4. The molecule has 0 unspecified atom stereocenters. The second-order valence-corrected chi connectivity index (χ2v) is 8.27. The van der Waals surface area contributed by atoms with E-state index in [-0.39, 0.29) is 19.2 Å². The van der Waals surface area contributed by atoms with Crippen LogP contribution < -0.4 is 4.72 Å². The van der Waals surface area contributed by atoms with Gasteiger partial charge < -0.3 is 5.11 Å². The second-order valence-electron chi connectivity index (χ2n) is 3.50. The van der Waals surface area contributed by atoms with Crippen molar-refractivity contribution in [2.75, 3.05) is 4.72 Å². The van der Waals surface area contributed by atoms with Crippen LogP contribution >= 0.6 is 43.2 Å². The first-order valence-electron chi connectivity index (χ1n) is 4.97. The summed E-state index contributed by atoms with van der Waals surface area (Å²) >= 11 is 7.02. The van der Waals surface area contributed by atoms with Gasteiger partial charge in [-0.2, -0.15) is 0 Å². The number of carboxylic acid groups (broad SMARTS) is 1. The normalized spacial score (nSPS) is 11.3. The molecule has 0 atom stereocenters. The summed E-state index contributed by atoms with van der Waals surface area (Å²) in [6.45, 7) is 0. The van der Waals surface area contributed by atoms with Crippen LogP contribution in [0.4, 0.5) is 5.69 Å². The number of hydrogen-bond acceptors (Lipinski definition) is 5. The number of anilines is 1. The van der Waals surface area contributed by atoms with Crippen molar-refractivity contribution >= 4 is 64.9 Å². The molecular weight excluding hydrogens is 436 g/mol. The number of nitrogens with zero attached hydrogens (tertiary/aromatic N) is 1. The molecule has 0 radical (unpaired) electrons. The highest BCUT2D eigenvalue weighted by molar-refractivity contribution is 9.11. The van der Waals surface area contributed by atoms with Gasteiger partial charge in [0, 0.05) is 6.20 Å². The molecule has 0 aromatic carbocycles. The van der Waals surface area contributed by atoms with E-state index in [1.807, 2.05) is 0 Å². The minimum absolute atomic E-state index is 0.0671. The molecule has 0 bridgehead atoms. The number of carboxylic acids is 1. The first kappa shape index (κ1) is 15.4. The van der Waals surface area contributed by atoms with Gasteiger partial charge in [0.05, 0.1) is 9.47 Å². The molecule has 2 heterocycles. The highest BCUT2D eigenvalue weighted by Gasteiger charge is 2.24. The zero-order chi connectivity index (χ0) is 14.9. The van der Waals surface area contributed by atoms with Gasteiger partial charge in [-0.1, -0.05) is 0 Å². The summed E-state index contributed by atoms with van der Waals surface area (Å²) in [7, 11) is -3.90. The molecule has 0 fully saturated rings. The molecule has 2 rings (SSSR count). The number of carbonyl (C=O) groups is 1. The summed E-state index contributed by atoms with van der Waals surface area (Å²) < 4.78 is 27.4. The fourth-order valence-electron chi connectivity index (χ4n) is 1.30. The van der Waals surface area contributed by atoms with Gasteiger partial charge in [0.15, 0.2) is 0 Å². The summed E-state index contributed by atoms with van der Waals surface area (Å²) in [5.74, 6) is -1.18. The minimum atomic E-state index is -3.90. The molecule has 10 heteroatoms. The largest absolute Gasteiger partial charge is 0.477 e. The second kappa shape index (κ2) is 5.80. The van der Waals surface area contributed by atoms with Gasteiger partial charge in [0.2, 0.25) is 0 Å². The number of aromatic nitrogens is 1. The molecule has 0 aliphatic rings. The van der Waals surface area contributed by atoms with Gasteiger partial charge in [0.1, 0.15) is 14.4 Å². The number of sulfonamides is 1. The Labute approximate surface area is 135 Å². The summed E-state index contributed by atoms with van der Waals surface area (Å²) in [6.07, 6.45) is 1.50. The average molecular weight is 442 g/mol. The lowest BCUT2D eigenvalue weighted by Gasteiger charge is -2.07.